The lowest BCUT2D eigenvalue weighted by Crippen LogP contribution is -2.46. The first kappa shape index (κ1) is 21.0. The molecule has 0 aromatic heterocycles. The summed E-state index contributed by atoms with van der Waals surface area (Å²) < 4.78 is 71.3. The van der Waals surface area contributed by atoms with Gasteiger partial charge >= 0.3 is 6.18 Å². The minimum absolute atomic E-state index is 0.147. The number of rotatable bonds is 5. The lowest BCUT2D eigenvalue weighted by molar-refractivity contribution is -0.385. The summed E-state index contributed by atoms with van der Waals surface area (Å²) in [7, 11) is -4.17. The van der Waals surface area contributed by atoms with Crippen LogP contribution in [0.3, 0.4) is 0 Å². The topological polar surface area (TPSA) is 102 Å². The van der Waals surface area contributed by atoms with Gasteiger partial charge in [0.2, 0.25) is 10.0 Å². The monoisotopic (exact) mass is 431 g/mol. The number of non-ortho nitro benzene ring substituents is 1. The molecule has 29 heavy (non-hydrogen) atoms. The Morgan fingerprint density at radius 3 is 2.41 bits per heavy atom. The molecule has 0 unspecified atom stereocenters. The summed E-state index contributed by atoms with van der Waals surface area (Å²) in [6.07, 6.45) is -4.61. The number of sulfonamides is 1. The van der Waals surface area contributed by atoms with Gasteiger partial charge in [-0.25, -0.2) is 8.42 Å². The van der Waals surface area contributed by atoms with Gasteiger partial charge in [-0.3, -0.25) is 10.1 Å². The van der Waals surface area contributed by atoms with Crippen LogP contribution in [0, 0.1) is 10.1 Å². The zero-order chi connectivity index (χ0) is 21.2. The lowest BCUT2D eigenvalue weighted by Gasteiger charge is -2.27. The number of nitro benzene ring substituents is 1. The number of piperazine rings is 1. The van der Waals surface area contributed by atoms with E-state index in [2.05, 4.69) is 5.32 Å². The largest absolute Gasteiger partial charge is 0.456 e. The lowest BCUT2D eigenvalue weighted by atomic mass is 10.2. The fourth-order valence-electron chi connectivity index (χ4n) is 2.78. The highest BCUT2D eigenvalue weighted by molar-refractivity contribution is 7.89. The van der Waals surface area contributed by atoms with Crippen LogP contribution in [0.4, 0.5) is 18.9 Å². The number of alkyl halides is 3. The zero-order valence-corrected chi connectivity index (χ0v) is 15.7. The molecular weight excluding hydrogens is 415 g/mol. The van der Waals surface area contributed by atoms with Crippen LogP contribution in [0.25, 0.3) is 0 Å². The van der Waals surface area contributed by atoms with Gasteiger partial charge < -0.3 is 10.1 Å². The normalized spacial score (nSPS) is 15.8. The molecule has 0 aliphatic carbocycles. The highest BCUT2D eigenvalue weighted by Crippen LogP contribution is 2.36. The van der Waals surface area contributed by atoms with Gasteiger partial charge in [0.25, 0.3) is 5.69 Å². The summed E-state index contributed by atoms with van der Waals surface area (Å²) in [6, 6.07) is 6.86. The second-order valence-electron chi connectivity index (χ2n) is 6.17. The number of hydrogen-bond donors (Lipinski definition) is 1. The number of benzene rings is 2. The molecule has 0 spiro atoms. The molecule has 0 amide bonds. The van der Waals surface area contributed by atoms with Crippen LogP contribution in [0.1, 0.15) is 5.56 Å². The average molecular weight is 431 g/mol. The molecule has 0 radical (unpaired) electrons. The van der Waals surface area contributed by atoms with Crippen LogP contribution >= 0.6 is 0 Å². The summed E-state index contributed by atoms with van der Waals surface area (Å²) >= 11 is 0. The Bertz CT molecular complexity index is 1020. The molecule has 1 aliphatic rings. The van der Waals surface area contributed by atoms with Crippen molar-refractivity contribution < 1.29 is 31.2 Å². The Morgan fingerprint density at radius 1 is 1.10 bits per heavy atom. The van der Waals surface area contributed by atoms with E-state index in [0.717, 1.165) is 40.7 Å². The third-order valence-electron chi connectivity index (χ3n) is 4.22. The zero-order valence-electron chi connectivity index (χ0n) is 14.8. The molecule has 1 N–H and O–H groups in total. The maximum absolute atomic E-state index is 13.0. The van der Waals surface area contributed by atoms with Gasteiger partial charge in [0.1, 0.15) is 16.4 Å². The molecule has 1 fully saturated rings. The van der Waals surface area contributed by atoms with E-state index in [0.29, 0.717) is 13.1 Å². The first-order valence-electron chi connectivity index (χ1n) is 8.43. The fraction of sp³-hybridized carbons (Fsp3) is 0.294. The van der Waals surface area contributed by atoms with Crippen LogP contribution in [-0.4, -0.2) is 43.8 Å². The molecule has 3 rings (SSSR count). The predicted octanol–water partition coefficient (Wildman–Crippen LogP) is 3.00. The molecule has 1 saturated heterocycles. The van der Waals surface area contributed by atoms with Crippen LogP contribution in [-0.2, 0) is 16.2 Å². The quantitative estimate of drug-likeness (QED) is 0.577. The number of nitrogens with one attached hydrogen (secondary N) is 1. The molecule has 0 saturated carbocycles. The number of hydrogen-bond acceptors (Lipinski definition) is 6. The van der Waals surface area contributed by atoms with Gasteiger partial charge in [-0.2, -0.15) is 17.5 Å². The van der Waals surface area contributed by atoms with Crippen LogP contribution in [0.15, 0.2) is 47.4 Å². The Balaban J connectivity index is 2.04. The smallest absolute Gasteiger partial charge is 0.416 e. The molecule has 1 aliphatic heterocycles. The standard InChI is InChI=1S/C17H16F3N3O5S/c18-17(19,20)12-2-1-3-14(10-12)28-15-5-4-13(23(24)25)11-16(15)29(26,27)22-8-6-21-7-9-22/h1-5,10-11,21H,6-9H2. The van der Waals surface area contributed by atoms with Gasteiger partial charge in [0, 0.05) is 38.3 Å². The molecule has 0 atom stereocenters. The molecule has 8 nitrogen and oxygen atoms in total. The first-order valence-corrected chi connectivity index (χ1v) is 9.87. The molecule has 2 aromatic carbocycles. The maximum atomic E-state index is 13.0. The minimum atomic E-state index is -4.61. The molecule has 2 aromatic rings. The van der Waals surface area contributed by atoms with Crippen LogP contribution in [0.5, 0.6) is 11.5 Å². The fourth-order valence-corrected chi connectivity index (χ4v) is 4.36. The van der Waals surface area contributed by atoms with Crippen molar-refractivity contribution in [3.05, 3.63) is 58.1 Å². The van der Waals surface area contributed by atoms with E-state index in [1.165, 1.54) is 6.07 Å². The Morgan fingerprint density at radius 2 is 1.79 bits per heavy atom. The van der Waals surface area contributed by atoms with Crippen molar-refractivity contribution in [2.45, 2.75) is 11.1 Å². The average Bonchev–Trinajstić information content (AvgIpc) is 2.68. The van der Waals surface area contributed by atoms with E-state index in [1.807, 2.05) is 0 Å². The van der Waals surface area contributed by atoms with Gasteiger partial charge in [-0.1, -0.05) is 6.07 Å². The molecular formula is C17H16F3N3O5S. The van der Waals surface area contributed by atoms with Crippen molar-refractivity contribution in [2.75, 3.05) is 26.2 Å². The highest BCUT2D eigenvalue weighted by atomic mass is 32.2. The minimum Gasteiger partial charge on any atom is -0.456 e. The third kappa shape index (κ3) is 4.66. The third-order valence-corrected chi connectivity index (χ3v) is 6.14. The molecule has 156 valence electrons. The number of halogens is 3. The van der Waals surface area contributed by atoms with Gasteiger partial charge in [0.05, 0.1) is 10.5 Å². The Kier molecular flexibility index (Phi) is 5.78. The van der Waals surface area contributed by atoms with E-state index >= 15 is 0 Å². The van der Waals surface area contributed by atoms with E-state index < -0.39 is 37.3 Å². The van der Waals surface area contributed by atoms with Crippen molar-refractivity contribution >= 4 is 15.7 Å². The van der Waals surface area contributed by atoms with Gasteiger partial charge in [-0.05, 0) is 24.3 Å². The maximum Gasteiger partial charge on any atom is 0.416 e. The van der Waals surface area contributed by atoms with Crippen molar-refractivity contribution in [3.8, 4) is 11.5 Å². The second-order valence-corrected chi connectivity index (χ2v) is 8.08. The number of ether oxygens (including phenoxy) is 1. The van der Waals surface area contributed by atoms with Crippen molar-refractivity contribution in [3.63, 3.8) is 0 Å². The summed E-state index contributed by atoms with van der Waals surface area (Å²) in [4.78, 5) is 9.86. The number of nitrogens with zero attached hydrogens (tertiary/aromatic N) is 2. The summed E-state index contributed by atoms with van der Waals surface area (Å²) in [6.45, 7) is 1.10. The van der Waals surface area contributed by atoms with Crippen LogP contribution in [0.2, 0.25) is 0 Å². The predicted molar refractivity (Wildman–Crippen MR) is 96.2 cm³/mol. The molecule has 1 heterocycles. The van der Waals surface area contributed by atoms with Crippen molar-refractivity contribution in [1.82, 2.24) is 9.62 Å². The van der Waals surface area contributed by atoms with E-state index in [4.69, 9.17) is 4.74 Å². The Labute approximate surface area is 164 Å². The van der Waals surface area contributed by atoms with Crippen molar-refractivity contribution in [1.29, 1.82) is 0 Å². The second kappa shape index (κ2) is 7.97. The highest BCUT2D eigenvalue weighted by Gasteiger charge is 2.32. The van der Waals surface area contributed by atoms with E-state index in [-0.39, 0.29) is 24.6 Å². The molecule has 12 heteroatoms. The number of nitro groups is 1. The molecule has 0 bridgehead atoms. The SMILES string of the molecule is O=[N+]([O-])c1ccc(Oc2cccc(C(F)(F)F)c2)c(S(=O)(=O)N2CCNCC2)c1. The van der Waals surface area contributed by atoms with Crippen LogP contribution < -0.4 is 10.1 Å². The first-order chi connectivity index (χ1) is 13.6. The van der Waals surface area contributed by atoms with E-state index in [1.54, 1.807) is 0 Å². The summed E-state index contributed by atoms with van der Waals surface area (Å²) in [5, 5.41) is 14.1. The van der Waals surface area contributed by atoms with Crippen molar-refractivity contribution in [2.24, 2.45) is 0 Å². The summed E-state index contributed by atoms with van der Waals surface area (Å²) in [5.74, 6) is -0.543. The summed E-state index contributed by atoms with van der Waals surface area (Å²) in [5.41, 5.74) is -1.45. The Hall–Kier alpha value is -2.70. The van der Waals surface area contributed by atoms with Gasteiger partial charge in [-0.15, -0.1) is 0 Å². The van der Waals surface area contributed by atoms with Gasteiger partial charge in [0.15, 0.2) is 0 Å². The van der Waals surface area contributed by atoms with E-state index in [9.17, 15) is 31.7 Å².